The first-order valence-electron chi connectivity index (χ1n) is 13.1. The summed E-state index contributed by atoms with van der Waals surface area (Å²) in [7, 11) is 0. The molecule has 1 heterocycles. The summed E-state index contributed by atoms with van der Waals surface area (Å²) in [5, 5.41) is 8.37. The van der Waals surface area contributed by atoms with E-state index in [0.717, 1.165) is 11.1 Å². The topological polar surface area (TPSA) is 126 Å². The highest BCUT2D eigenvalue weighted by molar-refractivity contribution is 6.01. The van der Waals surface area contributed by atoms with Gasteiger partial charge in [0, 0.05) is 12.2 Å². The number of hydrogen-bond donors (Lipinski definition) is 3. The van der Waals surface area contributed by atoms with Crippen LogP contribution in [0.1, 0.15) is 40.9 Å². The molecular formula is C30H32N4O6. The lowest BCUT2D eigenvalue weighted by atomic mass is 10.0. The number of carbonyl (C=O) groups is 4. The van der Waals surface area contributed by atoms with Crippen LogP contribution >= 0.6 is 0 Å². The van der Waals surface area contributed by atoms with Crippen molar-refractivity contribution in [2.45, 2.75) is 25.9 Å². The lowest BCUT2D eigenvalue weighted by molar-refractivity contribution is -0.143. The SMILES string of the molecule is CCOC(=O)C[C@H](NC(=O)CN1CCOc2ccc(NC(=O)NCc3ccccc3)cc2C1=O)c1ccccc1. The third-order valence-electron chi connectivity index (χ3n) is 6.22. The third-order valence-corrected chi connectivity index (χ3v) is 6.22. The fourth-order valence-electron chi connectivity index (χ4n) is 4.28. The molecular weight excluding hydrogens is 512 g/mol. The van der Waals surface area contributed by atoms with Crippen LogP contribution in [0.2, 0.25) is 0 Å². The number of hydrogen-bond acceptors (Lipinski definition) is 6. The summed E-state index contributed by atoms with van der Waals surface area (Å²) < 4.78 is 10.8. The molecule has 0 unspecified atom stereocenters. The molecule has 1 aliphatic rings. The molecule has 3 N–H and O–H groups in total. The van der Waals surface area contributed by atoms with Crippen molar-refractivity contribution in [3.63, 3.8) is 0 Å². The quantitative estimate of drug-likeness (QED) is 0.335. The van der Waals surface area contributed by atoms with Gasteiger partial charge in [-0.3, -0.25) is 14.4 Å². The van der Waals surface area contributed by atoms with Crippen molar-refractivity contribution >= 4 is 29.5 Å². The number of benzene rings is 3. The molecule has 0 bridgehead atoms. The van der Waals surface area contributed by atoms with Crippen molar-refractivity contribution in [3.05, 3.63) is 95.6 Å². The summed E-state index contributed by atoms with van der Waals surface area (Å²) in [4.78, 5) is 52.4. The molecule has 0 saturated heterocycles. The van der Waals surface area contributed by atoms with E-state index in [0.29, 0.717) is 18.0 Å². The van der Waals surface area contributed by atoms with Crippen molar-refractivity contribution in [2.75, 3.05) is 31.6 Å². The van der Waals surface area contributed by atoms with Gasteiger partial charge < -0.3 is 30.3 Å². The third kappa shape index (κ3) is 7.83. The monoisotopic (exact) mass is 544 g/mol. The molecule has 0 aromatic heterocycles. The first-order chi connectivity index (χ1) is 19.4. The number of rotatable bonds is 10. The molecule has 3 aromatic carbocycles. The molecule has 0 saturated carbocycles. The summed E-state index contributed by atoms with van der Waals surface area (Å²) in [6.07, 6.45) is -0.0369. The van der Waals surface area contributed by atoms with Crippen molar-refractivity contribution in [3.8, 4) is 5.75 Å². The van der Waals surface area contributed by atoms with Gasteiger partial charge >= 0.3 is 12.0 Å². The number of amides is 4. The molecule has 3 aromatic rings. The molecule has 40 heavy (non-hydrogen) atoms. The number of esters is 1. The van der Waals surface area contributed by atoms with Crippen molar-refractivity contribution in [2.24, 2.45) is 0 Å². The largest absolute Gasteiger partial charge is 0.491 e. The summed E-state index contributed by atoms with van der Waals surface area (Å²) >= 11 is 0. The zero-order chi connectivity index (χ0) is 28.3. The van der Waals surface area contributed by atoms with Gasteiger partial charge in [-0.05, 0) is 36.2 Å². The van der Waals surface area contributed by atoms with Gasteiger partial charge in [-0.25, -0.2) is 4.79 Å². The van der Waals surface area contributed by atoms with Crippen molar-refractivity contribution in [1.82, 2.24) is 15.5 Å². The number of nitrogens with zero attached hydrogens (tertiary/aromatic N) is 1. The van der Waals surface area contributed by atoms with Gasteiger partial charge in [0.15, 0.2) is 0 Å². The second-order valence-electron chi connectivity index (χ2n) is 9.12. The minimum Gasteiger partial charge on any atom is -0.491 e. The van der Waals surface area contributed by atoms with Crippen molar-refractivity contribution < 1.29 is 28.7 Å². The van der Waals surface area contributed by atoms with Gasteiger partial charge in [-0.1, -0.05) is 60.7 Å². The first-order valence-corrected chi connectivity index (χ1v) is 13.1. The van der Waals surface area contributed by atoms with Gasteiger partial charge in [-0.15, -0.1) is 0 Å². The Labute approximate surface area is 232 Å². The molecule has 208 valence electrons. The average Bonchev–Trinajstić information content (AvgIpc) is 3.11. The number of carbonyl (C=O) groups excluding carboxylic acids is 4. The van der Waals surface area contributed by atoms with E-state index >= 15 is 0 Å². The summed E-state index contributed by atoms with van der Waals surface area (Å²) in [5.74, 6) is -0.896. The Balaban J connectivity index is 1.40. The van der Waals surface area contributed by atoms with Crippen LogP contribution in [-0.2, 0) is 20.9 Å². The number of ether oxygens (including phenoxy) is 2. The molecule has 1 atom stereocenters. The van der Waals surface area contributed by atoms with Crippen LogP contribution in [0.5, 0.6) is 5.75 Å². The first kappa shape index (κ1) is 28.2. The number of nitrogens with one attached hydrogen (secondary N) is 3. The normalized spacial score (nSPS) is 13.2. The number of fused-ring (bicyclic) bond motifs is 1. The number of anilines is 1. The van der Waals surface area contributed by atoms with E-state index in [9.17, 15) is 19.2 Å². The van der Waals surface area contributed by atoms with Crippen LogP contribution < -0.4 is 20.7 Å². The van der Waals surface area contributed by atoms with E-state index < -0.39 is 29.9 Å². The lowest BCUT2D eigenvalue weighted by Crippen LogP contribution is -2.43. The van der Waals surface area contributed by atoms with Crippen molar-refractivity contribution in [1.29, 1.82) is 0 Å². The van der Waals surface area contributed by atoms with Crippen LogP contribution in [0.3, 0.4) is 0 Å². The highest BCUT2D eigenvalue weighted by atomic mass is 16.5. The van der Waals surface area contributed by atoms with E-state index in [1.165, 1.54) is 11.0 Å². The Bertz CT molecular complexity index is 1330. The highest BCUT2D eigenvalue weighted by Crippen LogP contribution is 2.27. The zero-order valence-electron chi connectivity index (χ0n) is 22.2. The smallest absolute Gasteiger partial charge is 0.319 e. The van der Waals surface area contributed by atoms with Crippen LogP contribution in [0.25, 0.3) is 0 Å². The maximum absolute atomic E-state index is 13.4. The summed E-state index contributed by atoms with van der Waals surface area (Å²) in [6.45, 7) is 2.46. The van der Waals surface area contributed by atoms with Gasteiger partial charge in [0.05, 0.1) is 37.7 Å². The van der Waals surface area contributed by atoms with Gasteiger partial charge in [-0.2, -0.15) is 0 Å². The molecule has 4 rings (SSSR count). The zero-order valence-corrected chi connectivity index (χ0v) is 22.2. The number of urea groups is 1. The lowest BCUT2D eigenvalue weighted by Gasteiger charge is -2.23. The predicted octanol–water partition coefficient (Wildman–Crippen LogP) is 3.65. The molecule has 10 heteroatoms. The van der Waals surface area contributed by atoms with E-state index in [4.69, 9.17) is 9.47 Å². The van der Waals surface area contributed by atoms with E-state index in [1.807, 2.05) is 60.7 Å². The Morgan fingerprint density at radius 3 is 2.45 bits per heavy atom. The van der Waals surface area contributed by atoms with Gasteiger partial charge in [0.25, 0.3) is 5.91 Å². The average molecular weight is 545 g/mol. The second kappa shape index (κ2) is 13.8. The molecule has 0 fully saturated rings. The predicted molar refractivity (Wildman–Crippen MR) is 149 cm³/mol. The van der Waals surface area contributed by atoms with Gasteiger partial charge in [0.1, 0.15) is 12.4 Å². The van der Waals surface area contributed by atoms with Gasteiger partial charge in [0.2, 0.25) is 5.91 Å². The Morgan fingerprint density at radius 1 is 1.00 bits per heavy atom. The fraction of sp³-hybridized carbons (Fsp3) is 0.267. The van der Waals surface area contributed by atoms with Crippen LogP contribution in [0, 0.1) is 0 Å². The van der Waals surface area contributed by atoms with Crippen LogP contribution in [-0.4, -0.2) is 55.0 Å². The Morgan fingerprint density at radius 2 is 1.73 bits per heavy atom. The van der Waals surface area contributed by atoms with E-state index in [-0.39, 0.29) is 38.3 Å². The minimum absolute atomic E-state index is 0.0369. The molecule has 0 aliphatic carbocycles. The molecule has 1 aliphatic heterocycles. The summed E-state index contributed by atoms with van der Waals surface area (Å²) in [5.41, 5.74) is 2.35. The molecule has 0 spiro atoms. The Kier molecular flexibility index (Phi) is 9.71. The van der Waals surface area contributed by atoms with Crippen LogP contribution in [0.4, 0.5) is 10.5 Å². The Hall–Kier alpha value is -4.86. The molecule has 0 radical (unpaired) electrons. The fourth-order valence-corrected chi connectivity index (χ4v) is 4.28. The maximum Gasteiger partial charge on any atom is 0.319 e. The highest BCUT2D eigenvalue weighted by Gasteiger charge is 2.27. The standard InChI is InChI=1S/C30H32N4O6/c1-2-39-28(36)18-25(22-11-7-4-8-12-22)33-27(35)20-34-15-16-40-26-14-13-23(17-24(26)29(34)37)32-30(38)31-19-21-9-5-3-6-10-21/h3-14,17,25H,2,15-16,18-20H2,1H3,(H,33,35)(H2,31,32,38)/t25-/m0/s1. The molecule has 4 amide bonds. The summed E-state index contributed by atoms with van der Waals surface area (Å²) in [6, 6.07) is 22.4. The van der Waals surface area contributed by atoms with E-state index in [2.05, 4.69) is 16.0 Å². The minimum atomic E-state index is -0.608. The molecule has 10 nitrogen and oxygen atoms in total. The van der Waals surface area contributed by atoms with E-state index in [1.54, 1.807) is 19.1 Å². The second-order valence-corrected chi connectivity index (χ2v) is 9.12. The van der Waals surface area contributed by atoms with Crippen LogP contribution in [0.15, 0.2) is 78.9 Å². The maximum atomic E-state index is 13.4.